The van der Waals surface area contributed by atoms with Gasteiger partial charge in [-0.3, -0.25) is 9.48 Å². The molecule has 1 aromatic heterocycles. The van der Waals surface area contributed by atoms with Gasteiger partial charge >= 0.3 is 0 Å². The lowest BCUT2D eigenvalue weighted by Gasteiger charge is -2.09. The third kappa shape index (κ3) is 5.57. The third-order valence-electron chi connectivity index (χ3n) is 4.67. The van der Waals surface area contributed by atoms with Crippen LogP contribution in [-0.4, -0.2) is 22.3 Å². The number of nitrogens with one attached hydrogen (secondary N) is 1. The molecule has 0 aliphatic carbocycles. The highest BCUT2D eigenvalue weighted by molar-refractivity contribution is 6.31. The van der Waals surface area contributed by atoms with Gasteiger partial charge in [-0.2, -0.15) is 5.10 Å². The molecule has 1 heterocycles. The predicted molar refractivity (Wildman–Crippen MR) is 111 cm³/mol. The lowest BCUT2D eigenvalue weighted by molar-refractivity contribution is -0.120. The summed E-state index contributed by atoms with van der Waals surface area (Å²) in [6.07, 6.45) is 0.218. The number of hydrogen-bond donors (Lipinski definition) is 1. The lowest BCUT2D eigenvalue weighted by Crippen LogP contribution is -2.25. The van der Waals surface area contributed by atoms with E-state index in [0.717, 1.165) is 22.7 Å². The standard InChI is InChI=1S/C22H23ClFN3O2/c1-15-20(13-22(28)25-14-17-8-9-18(24)12-21(17)23)16(2)27(26-15)10-11-29-19-6-4-3-5-7-19/h3-9,12H,10-11,13-14H2,1-2H3,(H,25,28). The van der Waals surface area contributed by atoms with Crippen molar-refractivity contribution in [3.05, 3.63) is 81.9 Å². The van der Waals surface area contributed by atoms with Crippen LogP contribution >= 0.6 is 11.6 Å². The molecule has 0 atom stereocenters. The summed E-state index contributed by atoms with van der Waals surface area (Å²) in [6, 6.07) is 13.7. The Bertz CT molecular complexity index is 989. The molecule has 0 aliphatic heterocycles. The van der Waals surface area contributed by atoms with Crippen LogP contribution in [-0.2, 0) is 24.3 Å². The number of carbonyl (C=O) groups is 1. The fourth-order valence-corrected chi connectivity index (χ4v) is 3.29. The van der Waals surface area contributed by atoms with Crippen molar-refractivity contribution in [2.75, 3.05) is 6.61 Å². The quantitative estimate of drug-likeness (QED) is 0.599. The molecule has 1 amide bonds. The highest BCUT2D eigenvalue weighted by atomic mass is 35.5. The molecular weight excluding hydrogens is 393 g/mol. The Hall–Kier alpha value is -2.86. The predicted octanol–water partition coefficient (Wildman–Crippen LogP) is 4.23. The molecule has 0 unspecified atom stereocenters. The Labute approximate surface area is 174 Å². The Morgan fingerprint density at radius 3 is 2.69 bits per heavy atom. The Morgan fingerprint density at radius 2 is 1.97 bits per heavy atom. The van der Waals surface area contributed by atoms with Crippen LogP contribution in [0.25, 0.3) is 0 Å². The van der Waals surface area contributed by atoms with E-state index < -0.39 is 5.82 Å². The summed E-state index contributed by atoms with van der Waals surface area (Å²) in [7, 11) is 0. The summed E-state index contributed by atoms with van der Waals surface area (Å²) in [5, 5.41) is 7.65. The molecule has 5 nitrogen and oxygen atoms in total. The Kier molecular flexibility index (Phi) is 6.88. The average Bonchev–Trinajstić information content (AvgIpc) is 2.96. The molecule has 152 valence electrons. The molecule has 3 aromatic rings. The first-order chi connectivity index (χ1) is 13.9. The molecule has 2 aromatic carbocycles. The molecule has 0 saturated heterocycles. The first kappa shape index (κ1) is 20.9. The van der Waals surface area contributed by atoms with Crippen LogP contribution in [0.15, 0.2) is 48.5 Å². The molecule has 29 heavy (non-hydrogen) atoms. The zero-order chi connectivity index (χ0) is 20.8. The third-order valence-corrected chi connectivity index (χ3v) is 5.03. The number of rotatable bonds is 8. The lowest BCUT2D eigenvalue weighted by atomic mass is 10.1. The highest BCUT2D eigenvalue weighted by Crippen LogP contribution is 2.18. The van der Waals surface area contributed by atoms with Crippen LogP contribution < -0.4 is 10.1 Å². The number of aromatic nitrogens is 2. The van der Waals surface area contributed by atoms with Gasteiger partial charge in [-0.1, -0.05) is 35.9 Å². The number of benzene rings is 2. The summed E-state index contributed by atoms with van der Waals surface area (Å²) in [5.41, 5.74) is 3.32. The number of hydrogen-bond acceptors (Lipinski definition) is 3. The van der Waals surface area contributed by atoms with E-state index >= 15 is 0 Å². The van der Waals surface area contributed by atoms with Crippen molar-refractivity contribution in [1.29, 1.82) is 0 Å². The van der Waals surface area contributed by atoms with Crippen molar-refractivity contribution in [3.8, 4) is 5.75 Å². The van der Waals surface area contributed by atoms with E-state index in [2.05, 4.69) is 10.4 Å². The van der Waals surface area contributed by atoms with Crippen LogP contribution in [0.4, 0.5) is 4.39 Å². The summed E-state index contributed by atoms with van der Waals surface area (Å²) in [5.74, 6) is 0.268. The maximum absolute atomic E-state index is 13.1. The molecule has 7 heteroatoms. The minimum atomic E-state index is -0.403. The van der Waals surface area contributed by atoms with E-state index in [1.54, 1.807) is 6.07 Å². The summed E-state index contributed by atoms with van der Waals surface area (Å²) < 4.78 is 20.7. The number of halogens is 2. The van der Waals surface area contributed by atoms with Gasteiger partial charge in [0.25, 0.3) is 0 Å². The first-order valence-electron chi connectivity index (χ1n) is 9.35. The van der Waals surface area contributed by atoms with Crippen LogP contribution in [0, 0.1) is 19.7 Å². The van der Waals surface area contributed by atoms with Crippen molar-refractivity contribution in [2.45, 2.75) is 33.4 Å². The minimum Gasteiger partial charge on any atom is -0.492 e. The van der Waals surface area contributed by atoms with Crippen molar-refractivity contribution in [3.63, 3.8) is 0 Å². The zero-order valence-electron chi connectivity index (χ0n) is 16.4. The average molecular weight is 416 g/mol. The number of amides is 1. The van der Waals surface area contributed by atoms with E-state index in [-0.39, 0.29) is 18.9 Å². The number of para-hydroxylation sites is 1. The van der Waals surface area contributed by atoms with Gasteiger partial charge in [0.15, 0.2) is 0 Å². The SMILES string of the molecule is Cc1nn(CCOc2ccccc2)c(C)c1CC(=O)NCc1ccc(F)cc1Cl. The summed E-state index contributed by atoms with van der Waals surface area (Å²) in [6.45, 7) is 5.16. The molecule has 3 rings (SSSR count). The van der Waals surface area contributed by atoms with Crippen molar-refractivity contribution >= 4 is 17.5 Å². The van der Waals surface area contributed by atoms with Crippen LogP contribution in [0.2, 0.25) is 5.02 Å². The van der Waals surface area contributed by atoms with E-state index in [1.807, 2.05) is 48.9 Å². The second-order valence-corrected chi connectivity index (χ2v) is 7.13. The van der Waals surface area contributed by atoms with Gasteiger partial charge in [-0.15, -0.1) is 0 Å². The maximum Gasteiger partial charge on any atom is 0.224 e. The van der Waals surface area contributed by atoms with Crippen molar-refractivity contribution in [2.24, 2.45) is 0 Å². The van der Waals surface area contributed by atoms with Crippen molar-refractivity contribution < 1.29 is 13.9 Å². The van der Waals surface area contributed by atoms with Gasteiger partial charge in [-0.05, 0) is 43.7 Å². The normalized spacial score (nSPS) is 10.8. The number of carbonyl (C=O) groups excluding carboxylic acids is 1. The van der Waals surface area contributed by atoms with Gasteiger partial charge in [0.2, 0.25) is 5.91 Å². The van der Waals surface area contributed by atoms with Crippen LogP contribution in [0.1, 0.15) is 22.5 Å². The van der Waals surface area contributed by atoms with Gasteiger partial charge < -0.3 is 10.1 Å². The number of nitrogens with zero attached hydrogens (tertiary/aromatic N) is 2. The minimum absolute atomic E-state index is 0.142. The van der Waals surface area contributed by atoms with Crippen LogP contribution in [0.3, 0.4) is 0 Å². The van der Waals surface area contributed by atoms with Gasteiger partial charge in [0.05, 0.1) is 18.7 Å². The van der Waals surface area contributed by atoms with Gasteiger partial charge in [-0.25, -0.2) is 4.39 Å². The van der Waals surface area contributed by atoms with Crippen molar-refractivity contribution in [1.82, 2.24) is 15.1 Å². The maximum atomic E-state index is 13.1. The number of aryl methyl sites for hydroxylation is 1. The van der Waals surface area contributed by atoms with Gasteiger partial charge in [0.1, 0.15) is 18.2 Å². The zero-order valence-corrected chi connectivity index (χ0v) is 17.2. The largest absolute Gasteiger partial charge is 0.492 e. The summed E-state index contributed by atoms with van der Waals surface area (Å²) in [4.78, 5) is 12.4. The smallest absolute Gasteiger partial charge is 0.224 e. The second-order valence-electron chi connectivity index (χ2n) is 6.72. The van der Waals surface area contributed by atoms with E-state index in [1.165, 1.54) is 12.1 Å². The molecular formula is C22H23ClFN3O2. The molecule has 0 radical (unpaired) electrons. The topological polar surface area (TPSA) is 56.2 Å². The van der Waals surface area contributed by atoms with E-state index in [0.29, 0.717) is 23.7 Å². The van der Waals surface area contributed by atoms with E-state index in [4.69, 9.17) is 16.3 Å². The van der Waals surface area contributed by atoms with E-state index in [9.17, 15) is 9.18 Å². The van der Waals surface area contributed by atoms with Crippen LogP contribution in [0.5, 0.6) is 5.75 Å². The molecule has 0 aliphatic rings. The molecule has 0 spiro atoms. The Balaban J connectivity index is 1.55. The summed E-state index contributed by atoms with van der Waals surface area (Å²) >= 11 is 6.00. The number of ether oxygens (including phenoxy) is 1. The highest BCUT2D eigenvalue weighted by Gasteiger charge is 2.15. The molecule has 0 fully saturated rings. The molecule has 0 bridgehead atoms. The Morgan fingerprint density at radius 1 is 1.21 bits per heavy atom. The molecule has 0 saturated carbocycles. The fraction of sp³-hybridized carbons (Fsp3) is 0.273. The van der Waals surface area contributed by atoms with Gasteiger partial charge in [0, 0.05) is 22.8 Å². The second kappa shape index (κ2) is 9.56. The molecule has 1 N–H and O–H groups in total. The first-order valence-corrected chi connectivity index (χ1v) is 9.73. The fourth-order valence-electron chi connectivity index (χ4n) is 3.06. The monoisotopic (exact) mass is 415 g/mol.